The van der Waals surface area contributed by atoms with Crippen LogP contribution in [0.1, 0.15) is 58.3 Å². The number of carboxylic acids is 1. The van der Waals surface area contributed by atoms with E-state index in [1.165, 1.54) is 32.1 Å². The molecule has 2 amide bonds. The van der Waals surface area contributed by atoms with Crippen LogP contribution in [0, 0.1) is 11.8 Å². The molecule has 120 valence electrons. The van der Waals surface area contributed by atoms with Crippen molar-refractivity contribution in [1.29, 1.82) is 0 Å². The second kappa shape index (κ2) is 7.66. The maximum absolute atomic E-state index is 12.4. The number of piperidine rings is 1. The third-order valence-corrected chi connectivity index (χ3v) is 5.03. The van der Waals surface area contributed by atoms with Crippen molar-refractivity contribution in [2.45, 2.75) is 64.3 Å². The van der Waals surface area contributed by atoms with E-state index in [0.29, 0.717) is 25.4 Å². The van der Waals surface area contributed by atoms with Gasteiger partial charge in [-0.1, -0.05) is 26.2 Å². The molecule has 2 atom stereocenters. The number of hydrogen-bond donors (Lipinski definition) is 2. The molecular formula is C16H28N2O3. The van der Waals surface area contributed by atoms with Crippen LogP contribution in [0.4, 0.5) is 4.79 Å². The summed E-state index contributed by atoms with van der Waals surface area (Å²) in [5.41, 5.74) is 0. The summed E-state index contributed by atoms with van der Waals surface area (Å²) in [6.45, 7) is 3.15. The van der Waals surface area contributed by atoms with Gasteiger partial charge in [-0.3, -0.25) is 4.79 Å². The number of nitrogens with one attached hydrogen (secondary N) is 1. The second-order valence-electron chi connectivity index (χ2n) is 6.49. The summed E-state index contributed by atoms with van der Waals surface area (Å²) in [7, 11) is 0. The number of carbonyl (C=O) groups is 2. The van der Waals surface area contributed by atoms with Gasteiger partial charge < -0.3 is 15.3 Å². The summed E-state index contributed by atoms with van der Waals surface area (Å²) in [6.07, 6.45) is 8.67. The average Bonchev–Trinajstić information content (AvgIpc) is 2.53. The highest BCUT2D eigenvalue weighted by atomic mass is 16.4. The van der Waals surface area contributed by atoms with Gasteiger partial charge in [-0.25, -0.2) is 4.79 Å². The number of aliphatic carboxylic acids is 1. The Labute approximate surface area is 127 Å². The first-order valence-corrected chi connectivity index (χ1v) is 8.40. The van der Waals surface area contributed by atoms with E-state index in [-0.39, 0.29) is 12.1 Å². The molecule has 1 saturated carbocycles. The van der Waals surface area contributed by atoms with Gasteiger partial charge in [0.15, 0.2) is 0 Å². The molecule has 0 bridgehead atoms. The van der Waals surface area contributed by atoms with E-state index in [0.717, 1.165) is 12.8 Å². The van der Waals surface area contributed by atoms with Crippen molar-refractivity contribution in [2.24, 2.45) is 11.8 Å². The first-order chi connectivity index (χ1) is 10.1. The van der Waals surface area contributed by atoms with Crippen molar-refractivity contribution in [3.8, 4) is 0 Å². The number of urea groups is 1. The van der Waals surface area contributed by atoms with E-state index >= 15 is 0 Å². The fourth-order valence-corrected chi connectivity index (χ4v) is 3.70. The molecule has 0 aromatic heterocycles. The van der Waals surface area contributed by atoms with E-state index in [1.54, 1.807) is 4.90 Å². The molecule has 0 spiro atoms. The zero-order valence-electron chi connectivity index (χ0n) is 13.0. The summed E-state index contributed by atoms with van der Waals surface area (Å²) < 4.78 is 0. The highest BCUT2D eigenvalue weighted by molar-refractivity contribution is 5.76. The van der Waals surface area contributed by atoms with Crippen LogP contribution in [0.15, 0.2) is 0 Å². The summed E-state index contributed by atoms with van der Waals surface area (Å²) in [4.78, 5) is 25.2. The van der Waals surface area contributed by atoms with Crippen LogP contribution >= 0.6 is 0 Å². The Morgan fingerprint density at radius 1 is 1.19 bits per heavy atom. The second-order valence-corrected chi connectivity index (χ2v) is 6.49. The lowest BCUT2D eigenvalue weighted by Crippen LogP contribution is -2.51. The summed E-state index contributed by atoms with van der Waals surface area (Å²) in [6, 6.07) is 0.168. The van der Waals surface area contributed by atoms with Gasteiger partial charge in [0, 0.05) is 19.1 Å². The van der Waals surface area contributed by atoms with E-state index in [2.05, 4.69) is 12.2 Å². The van der Waals surface area contributed by atoms with Crippen molar-refractivity contribution in [3.63, 3.8) is 0 Å². The van der Waals surface area contributed by atoms with Crippen LogP contribution < -0.4 is 5.32 Å². The number of rotatable bonds is 4. The predicted molar refractivity (Wildman–Crippen MR) is 81.1 cm³/mol. The molecule has 1 saturated heterocycles. The van der Waals surface area contributed by atoms with Gasteiger partial charge in [-0.2, -0.15) is 0 Å². The molecule has 1 aliphatic heterocycles. The number of amides is 2. The van der Waals surface area contributed by atoms with Gasteiger partial charge >= 0.3 is 12.0 Å². The van der Waals surface area contributed by atoms with Gasteiger partial charge in [0.05, 0.1) is 5.92 Å². The molecule has 2 fully saturated rings. The SMILES string of the molecule is CCC(NC(=O)N1CCCC(C(=O)O)C1)C1CCCCC1. The molecular weight excluding hydrogens is 268 g/mol. The molecule has 0 aromatic rings. The van der Waals surface area contributed by atoms with Gasteiger partial charge in [0.1, 0.15) is 0 Å². The molecule has 2 aliphatic rings. The lowest BCUT2D eigenvalue weighted by Gasteiger charge is -2.35. The largest absolute Gasteiger partial charge is 0.481 e. The number of carboxylic acid groups (broad SMARTS) is 1. The van der Waals surface area contributed by atoms with E-state index < -0.39 is 11.9 Å². The van der Waals surface area contributed by atoms with Crippen molar-refractivity contribution in [2.75, 3.05) is 13.1 Å². The fourth-order valence-electron chi connectivity index (χ4n) is 3.70. The van der Waals surface area contributed by atoms with E-state index in [1.807, 2.05) is 0 Å². The molecule has 1 heterocycles. The molecule has 1 aliphatic carbocycles. The first-order valence-electron chi connectivity index (χ1n) is 8.40. The maximum Gasteiger partial charge on any atom is 0.317 e. The molecule has 2 N–H and O–H groups in total. The molecule has 2 rings (SSSR count). The zero-order valence-corrected chi connectivity index (χ0v) is 13.0. The van der Waals surface area contributed by atoms with Crippen LogP contribution in [0.2, 0.25) is 0 Å². The minimum absolute atomic E-state index is 0.0710. The Morgan fingerprint density at radius 3 is 2.52 bits per heavy atom. The predicted octanol–water partition coefficient (Wildman–Crippen LogP) is 2.85. The van der Waals surface area contributed by atoms with Crippen LogP contribution in [0.5, 0.6) is 0 Å². The smallest absolute Gasteiger partial charge is 0.317 e. The topological polar surface area (TPSA) is 69.6 Å². The quantitative estimate of drug-likeness (QED) is 0.838. The molecule has 2 unspecified atom stereocenters. The number of carbonyl (C=O) groups excluding carboxylic acids is 1. The number of likely N-dealkylation sites (tertiary alicyclic amines) is 1. The number of nitrogens with zero attached hydrogens (tertiary/aromatic N) is 1. The van der Waals surface area contributed by atoms with Gasteiger partial charge in [0.2, 0.25) is 0 Å². The van der Waals surface area contributed by atoms with E-state index in [4.69, 9.17) is 5.11 Å². The third kappa shape index (κ3) is 4.35. The molecule has 5 heteroatoms. The summed E-state index contributed by atoms with van der Waals surface area (Å²) >= 11 is 0. The molecule has 0 aromatic carbocycles. The zero-order chi connectivity index (χ0) is 15.2. The Bertz CT molecular complexity index is 367. The minimum Gasteiger partial charge on any atom is -0.481 e. The lowest BCUT2D eigenvalue weighted by atomic mass is 9.83. The Hall–Kier alpha value is -1.26. The Kier molecular flexibility index (Phi) is 5.88. The van der Waals surface area contributed by atoms with Crippen LogP contribution in [-0.4, -0.2) is 41.1 Å². The Morgan fingerprint density at radius 2 is 1.90 bits per heavy atom. The van der Waals surface area contributed by atoms with E-state index in [9.17, 15) is 9.59 Å². The van der Waals surface area contributed by atoms with Crippen molar-refractivity contribution >= 4 is 12.0 Å². The summed E-state index contributed by atoms with van der Waals surface area (Å²) in [5.74, 6) is -0.598. The first kappa shape index (κ1) is 16.1. The number of hydrogen-bond acceptors (Lipinski definition) is 2. The Balaban J connectivity index is 1.87. The van der Waals surface area contributed by atoms with Crippen molar-refractivity contribution < 1.29 is 14.7 Å². The molecule has 21 heavy (non-hydrogen) atoms. The summed E-state index contributed by atoms with van der Waals surface area (Å²) in [5, 5.41) is 12.3. The third-order valence-electron chi connectivity index (χ3n) is 5.03. The average molecular weight is 296 g/mol. The standard InChI is InChI=1S/C16H28N2O3/c1-2-14(12-7-4-3-5-8-12)17-16(21)18-10-6-9-13(11-18)15(19)20/h12-14H,2-11H2,1H3,(H,17,21)(H,19,20). The highest BCUT2D eigenvalue weighted by Crippen LogP contribution is 2.28. The minimum atomic E-state index is -0.785. The van der Waals surface area contributed by atoms with Crippen LogP contribution in [-0.2, 0) is 4.79 Å². The monoisotopic (exact) mass is 296 g/mol. The fraction of sp³-hybridized carbons (Fsp3) is 0.875. The van der Waals surface area contributed by atoms with Crippen LogP contribution in [0.25, 0.3) is 0 Å². The van der Waals surface area contributed by atoms with Gasteiger partial charge in [0.25, 0.3) is 0 Å². The highest BCUT2D eigenvalue weighted by Gasteiger charge is 2.30. The lowest BCUT2D eigenvalue weighted by molar-refractivity contribution is -0.143. The van der Waals surface area contributed by atoms with Crippen molar-refractivity contribution in [3.05, 3.63) is 0 Å². The van der Waals surface area contributed by atoms with Gasteiger partial charge in [-0.15, -0.1) is 0 Å². The molecule has 0 radical (unpaired) electrons. The molecule has 5 nitrogen and oxygen atoms in total. The van der Waals surface area contributed by atoms with Crippen molar-refractivity contribution in [1.82, 2.24) is 10.2 Å². The normalized spacial score (nSPS) is 25.4. The maximum atomic E-state index is 12.4. The van der Waals surface area contributed by atoms with Gasteiger partial charge in [-0.05, 0) is 38.0 Å². The van der Waals surface area contributed by atoms with Crippen LogP contribution in [0.3, 0.4) is 0 Å².